The van der Waals surface area contributed by atoms with Crippen LogP contribution in [0.3, 0.4) is 0 Å². The van der Waals surface area contributed by atoms with E-state index >= 15 is 0 Å². The minimum atomic E-state index is 0.0297. The molecule has 0 spiro atoms. The van der Waals surface area contributed by atoms with Gasteiger partial charge in [0.2, 0.25) is 0 Å². The summed E-state index contributed by atoms with van der Waals surface area (Å²) in [5.74, 6) is 0.339. The molecule has 2 aromatic rings. The number of nitrogens with two attached hydrogens (primary N) is 1. The largest absolute Gasteiger partial charge is 0.323 e. The fourth-order valence-electron chi connectivity index (χ4n) is 2.91. The summed E-state index contributed by atoms with van der Waals surface area (Å²) in [4.78, 5) is 4.58. The van der Waals surface area contributed by atoms with Crippen molar-refractivity contribution >= 4 is 15.9 Å². The van der Waals surface area contributed by atoms with Gasteiger partial charge in [0.15, 0.2) is 0 Å². The molecular formula is C16H17BrN2. The van der Waals surface area contributed by atoms with Crippen molar-refractivity contribution in [2.24, 2.45) is 5.73 Å². The second-order valence-corrected chi connectivity index (χ2v) is 6.04. The highest BCUT2D eigenvalue weighted by atomic mass is 79.9. The van der Waals surface area contributed by atoms with E-state index in [2.05, 4.69) is 51.2 Å². The van der Waals surface area contributed by atoms with Crippen LogP contribution in [0.15, 0.2) is 47.1 Å². The third-order valence-electron chi connectivity index (χ3n) is 3.93. The lowest BCUT2D eigenvalue weighted by Gasteiger charge is -2.29. The van der Waals surface area contributed by atoms with Crippen LogP contribution < -0.4 is 5.73 Å². The van der Waals surface area contributed by atoms with Crippen molar-refractivity contribution < 1.29 is 0 Å². The van der Waals surface area contributed by atoms with Crippen LogP contribution in [0, 0.1) is 0 Å². The molecule has 1 aromatic carbocycles. The SMILES string of the molecule is NC(c1ccc(Br)cc1)C1CCCc2cccnc21. The average Bonchev–Trinajstić information content (AvgIpc) is 2.47. The zero-order chi connectivity index (χ0) is 13.2. The van der Waals surface area contributed by atoms with Crippen LogP contribution in [-0.4, -0.2) is 4.98 Å². The van der Waals surface area contributed by atoms with Crippen LogP contribution in [0.25, 0.3) is 0 Å². The Morgan fingerprint density at radius 1 is 1.21 bits per heavy atom. The molecule has 0 amide bonds. The Kier molecular flexibility index (Phi) is 3.67. The summed E-state index contributed by atoms with van der Waals surface area (Å²) in [6.45, 7) is 0. The molecule has 0 fully saturated rings. The third kappa shape index (κ3) is 2.58. The number of fused-ring (bicyclic) bond motifs is 1. The summed E-state index contributed by atoms with van der Waals surface area (Å²) in [7, 11) is 0. The fourth-order valence-corrected chi connectivity index (χ4v) is 3.18. The molecule has 2 unspecified atom stereocenters. The number of nitrogens with zero attached hydrogens (tertiary/aromatic N) is 1. The molecule has 3 heteroatoms. The molecule has 2 N–H and O–H groups in total. The number of aromatic nitrogens is 1. The standard InChI is InChI=1S/C16H17BrN2/c17-13-8-6-11(7-9-13)15(18)14-5-1-3-12-4-2-10-19-16(12)14/h2,4,6-10,14-15H,1,3,5,18H2. The number of hydrogen-bond acceptors (Lipinski definition) is 2. The first kappa shape index (κ1) is 12.8. The van der Waals surface area contributed by atoms with E-state index in [1.165, 1.54) is 23.2 Å². The summed E-state index contributed by atoms with van der Waals surface area (Å²) in [6.07, 6.45) is 5.34. The number of rotatable bonds is 2. The van der Waals surface area contributed by atoms with Gasteiger partial charge in [0, 0.05) is 28.3 Å². The maximum absolute atomic E-state index is 6.48. The predicted molar refractivity (Wildman–Crippen MR) is 81.0 cm³/mol. The van der Waals surface area contributed by atoms with Gasteiger partial charge in [-0.25, -0.2) is 0 Å². The van der Waals surface area contributed by atoms with Gasteiger partial charge in [-0.05, 0) is 48.6 Å². The van der Waals surface area contributed by atoms with Gasteiger partial charge >= 0.3 is 0 Å². The van der Waals surface area contributed by atoms with Crippen LogP contribution in [0.4, 0.5) is 0 Å². The van der Waals surface area contributed by atoms with Gasteiger partial charge in [0.25, 0.3) is 0 Å². The van der Waals surface area contributed by atoms with Gasteiger partial charge in [-0.15, -0.1) is 0 Å². The zero-order valence-corrected chi connectivity index (χ0v) is 12.3. The normalized spacial score (nSPS) is 19.8. The van der Waals surface area contributed by atoms with E-state index in [0.717, 1.165) is 17.3 Å². The number of aryl methyl sites for hydroxylation is 1. The molecule has 98 valence electrons. The first-order valence-corrected chi connectivity index (χ1v) is 7.50. The molecule has 0 saturated heterocycles. The zero-order valence-electron chi connectivity index (χ0n) is 10.7. The van der Waals surface area contributed by atoms with Crippen LogP contribution in [-0.2, 0) is 6.42 Å². The number of pyridine rings is 1. The van der Waals surface area contributed by atoms with Gasteiger partial charge in [0.05, 0.1) is 0 Å². The topological polar surface area (TPSA) is 38.9 Å². The minimum absolute atomic E-state index is 0.0297. The van der Waals surface area contributed by atoms with E-state index in [-0.39, 0.29) is 6.04 Å². The molecule has 0 radical (unpaired) electrons. The molecule has 0 saturated carbocycles. The smallest absolute Gasteiger partial charge is 0.0485 e. The summed E-state index contributed by atoms with van der Waals surface area (Å²) >= 11 is 3.46. The molecule has 2 atom stereocenters. The van der Waals surface area contributed by atoms with Crippen LogP contribution in [0.1, 0.15) is 41.6 Å². The maximum atomic E-state index is 6.48. The summed E-state index contributed by atoms with van der Waals surface area (Å²) in [6, 6.07) is 12.5. The Hall–Kier alpha value is -1.19. The van der Waals surface area contributed by atoms with Crippen molar-refractivity contribution in [3.8, 4) is 0 Å². The van der Waals surface area contributed by atoms with E-state index in [4.69, 9.17) is 5.73 Å². The highest BCUT2D eigenvalue weighted by Gasteiger charge is 2.27. The highest BCUT2D eigenvalue weighted by molar-refractivity contribution is 9.10. The Morgan fingerprint density at radius 2 is 2.00 bits per heavy atom. The van der Waals surface area contributed by atoms with Gasteiger partial charge in [-0.3, -0.25) is 4.98 Å². The van der Waals surface area contributed by atoms with Crippen molar-refractivity contribution in [3.05, 3.63) is 63.9 Å². The Labute approximate surface area is 122 Å². The first-order valence-electron chi connectivity index (χ1n) is 6.70. The Morgan fingerprint density at radius 3 is 2.79 bits per heavy atom. The van der Waals surface area contributed by atoms with E-state index in [0.29, 0.717) is 5.92 Å². The lowest BCUT2D eigenvalue weighted by molar-refractivity contribution is 0.463. The van der Waals surface area contributed by atoms with Crippen molar-refractivity contribution in [2.75, 3.05) is 0 Å². The van der Waals surface area contributed by atoms with Crippen LogP contribution >= 0.6 is 15.9 Å². The molecule has 0 bridgehead atoms. The number of halogens is 1. The van der Waals surface area contributed by atoms with E-state index in [1.54, 1.807) is 0 Å². The summed E-state index contributed by atoms with van der Waals surface area (Å²) in [5, 5.41) is 0. The lowest BCUT2D eigenvalue weighted by atomic mass is 9.80. The van der Waals surface area contributed by atoms with Crippen molar-refractivity contribution in [1.82, 2.24) is 4.98 Å². The van der Waals surface area contributed by atoms with Crippen molar-refractivity contribution in [2.45, 2.75) is 31.2 Å². The second kappa shape index (κ2) is 5.43. The third-order valence-corrected chi connectivity index (χ3v) is 4.46. The van der Waals surface area contributed by atoms with Gasteiger partial charge < -0.3 is 5.73 Å². The van der Waals surface area contributed by atoms with Crippen molar-refractivity contribution in [1.29, 1.82) is 0 Å². The quantitative estimate of drug-likeness (QED) is 0.910. The molecule has 1 aliphatic carbocycles. The van der Waals surface area contributed by atoms with Gasteiger partial charge in [-0.1, -0.05) is 34.1 Å². The van der Waals surface area contributed by atoms with E-state index in [1.807, 2.05) is 12.3 Å². The molecule has 2 nitrogen and oxygen atoms in total. The maximum Gasteiger partial charge on any atom is 0.0485 e. The number of benzene rings is 1. The lowest BCUT2D eigenvalue weighted by Crippen LogP contribution is -2.24. The second-order valence-electron chi connectivity index (χ2n) is 5.12. The molecule has 0 aliphatic heterocycles. The summed E-state index contributed by atoms with van der Waals surface area (Å²) < 4.78 is 1.09. The Bertz CT molecular complexity index is 565. The van der Waals surface area contributed by atoms with Crippen LogP contribution in [0.5, 0.6) is 0 Å². The monoisotopic (exact) mass is 316 g/mol. The minimum Gasteiger partial charge on any atom is -0.323 e. The Balaban J connectivity index is 1.92. The fraction of sp³-hybridized carbons (Fsp3) is 0.312. The number of hydrogen-bond donors (Lipinski definition) is 1. The molecule has 1 heterocycles. The molecule has 19 heavy (non-hydrogen) atoms. The molecular weight excluding hydrogens is 300 g/mol. The molecule has 3 rings (SSSR count). The molecule has 1 aromatic heterocycles. The first-order chi connectivity index (χ1) is 9.25. The van der Waals surface area contributed by atoms with Gasteiger partial charge in [-0.2, -0.15) is 0 Å². The summed E-state index contributed by atoms with van der Waals surface area (Å²) in [5.41, 5.74) is 10.2. The average molecular weight is 317 g/mol. The highest BCUT2D eigenvalue weighted by Crippen LogP contribution is 2.37. The van der Waals surface area contributed by atoms with Crippen LogP contribution in [0.2, 0.25) is 0 Å². The van der Waals surface area contributed by atoms with E-state index in [9.17, 15) is 0 Å². The van der Waals surface area contributed by atoms with Crippen molar-refractivity contribution in [3.63, 3.8) is 0 Å². The van der Waals surface area contributed by atoms with E-state index < -0.39 is 0 Å². The predicted octanol–water partition coefficient (Wildman–Crippen LogP) is 3.96. The van der Waals surface area contributed by atoms with Gasteiger partial charge in [0.1, 0.15) is 0 Å². The molecule has 1 aliphatic rings.